The van der Waals surface area contributed by atoms with E-state index in [1.165, 1.54) is 6.07 Å². The summed E-state index contributed by atoms with van der Waals surface area (Å²) in [5.74, 6) is 0.139. The summed E-state index contributed by atoms with van der Waals surface area (Å²) in [5, 5.41) is 14.7. The van der Waals surface area contributed by atoms with Crippen LogP contribution in [0.3, 0.4) is 0 Å². The predicted molar refractivity (Wildman–Crippen MR) is 99.5 cm³/mol. The second-order valence-corrected chi connectivity index (χ2v) is 6.55. The highest BCUT2D eigenvalue weighted by Crippen LogP contribution is 2.40. The van der Waals surface area contributed by atoms with Crippen LogP contribution in [0.25, 0.3) is 10.9 Å². The normalized spacial score (nSPS) is 13.6. The fourth-order valence-electron chi connectivity index (χ4n) is 3.12. The number of hydrogen-bond acceptors (Lipinski definition) is 4. The standard InChI is InChI=1S/C20H17N3O3/c1-12-16(7-4-8-19(12)23(25)26)22-20(24)15-11-18(13-9-10-13)21-17-6-3-2-5-14(15)17/h2-8,11,13H,9-10H2,1H3,(H,22,24). The van der Waals surface area contributed by atoms with E-state index in [2.05, 4.69) is 10.3 Å². The molecule has 26 heavy (non-hydrogen) atoms. The first-order chi connectivity index (χ1) is 12.5. The van der Waals surface area contributed by atoms with E-state index < -0.39 is 4.92 Å². The number of benzene rings is 2. The number of pyridine rings is 1. The highest BCUT2D eigenvalue weighted by Gasteiger charge is 2.27. The minimum atomic E-state index is -0.446. The number of fused-ring (bicyclic) bond motifs is 1. The molecular weight excluding hydrogens is 330 g/mol. The number of nitrogens with zero attached hydrogens (tertiary/aromatic N) is 2. The number of hydrogen-bond donors (Lipinski definition) is 1. The molecule has 2 aromatic carbocycles. The molecule has 1 aromatic heterocycles. The molecule has 0 radical (unpaired) electrons. The minimum Gasteiger partial charge on any atom is -0.321 e. The van der Waals surface area contributed by atoms with Gasteiger partial charge in [0.25, 0.3) is 11.6 Å². The molecule has 1 saturated carbocycles. The Hall–Kier alpha value is -3.28. The van der Waals surface area contributed by atoms with Gasteiger partial charge in [-0.2, -0.15) is 0 Å². The van der Waals surface area contributed by atoms with Crippen molar-refractivity contribution in [1.82, 2.24) is 4.98 Å². The molecule has 0 saturated heterocycles. The SMILES string of the molecule is Cc1c(NC(=O)c2cc(C3CC3)nc3ccccc23)cccc1[N+](=O)[O-]. The van der Waals surface area contributed by atoms with Crippen LogP contribution in [0.4, 0.5) is 11.4 Å². The molecule has 130 valence electrons. The molecule has 1 N–H and O–H groups in total. The summed E-state index contributed by atoms with van der Waals surface area (Å²) in [6, 6.07) is 14.1. The number of carbonyl (C=O) groups excluding carboxylic acids is 1. The molecule has 1 heterocycles. The van der Waals surface area contributed by atoms with Crippen LogP contribution in [0.15, 0.2) is 48.5 Å². The van der Waals surface area contributed by atoms with Gasteiger partial charge in [-0.3, -0.25) is 19.9 Å². The number of anilines is 1. The number of para-hydroxylation sites is 1. The Labute approximate surface area is 150 Å². The molecule has 0 spiro atoms. The van der Waals surface area contributed by atoms with E-state index in [-0.39, 0.29) is 11.6 Å². The van der Waals surface area contributed by atoms with Crippen molar-refractivity contribution in [2.24, 2.45) is 0 Å². The van der Waals surface area contributed by atoms with Crippen molar-refractivity contribution in [3.63, 3.8) is 0 Å². The zero-order valence-corrected chi connectivity index (χ0v) is 14.2. The van der Waals surface area contributed by atoms with Gasteiger partial charge in [0.05, 0.1) is 27.3 Å². The second kappa shape index (κ2) is 6.22. The van der Waals surface area contributed by atoms with Gasteiger partial charge in [-0.15, -0.1) is 0 Å². The Kier molecular flexibility index (Phi) is 3.88. The molecule has 0 atom stereocenters. The maximum Gasteiger partial charge on any atom is 0.274 e. The van der Waals surface area contributed by atoms with Gasteiger partial charge >= 0.3 is 0 Å². The van der Waals surface area contributed by atoms with Gasteiger partial charge < -0.3 is 5.32 Å². The Bertz CT molecular complexity index is 1040. The molecule has 0 aliphatic heterocycles. The van der Waals surface area contributed by atoms with Crippen LogP contribution in [-0.2, 0) is 0 Å². The molecule has 0 bridgehead atoms. The topological polar surface area (TPSA) is 85.1 Å². The summed E-state index contributed by atoms with van der Waals surface area (Å²) in [6.45, 7) is 1.63. The highest BCUT2D eigenvalue weighted by atomic mass is 16.6. The molecule has 0 unspecified atom stereocenters. The fraction of sp³-hybridized carbons (Fsp3) is 0.200. The van der Waals surface area contributed by atoms with Gasteiger partial charge in [-0.1, -0.05) is 24.3 Å². The van der Waals surface area contributed by atoms with Crippen LogP contribution in [0, 0.1) is 17.0 Å². The van der Waals surface area contributed by atoms with E-state index in [4.69, 9.17) is 0 Å². The lowest BCUT2D eigenvalue weighted by molar-refractivity contribution is -0.385. The van der Waals surface area contributed by atoms with E-state index in [0.29, 0.717) is 22.7 Å². The molecule has 1 amide bonds. The van der Waals surface area contributed by atoms with Crippen molar-refractivity contribution < 1.29 is 9.72 Å². The maximum atomic E-state index is 12.9. The van der Waals surface area contributed by atoms with Gasteiger partial charge in [0.1, 0.15) is 0 Å². The first kappa shape index (κ1) is 16.2. The van der Waals surface area contributed by atoms with Crippen molar-refractivity contribution in [2.45, 2.75) is 25.7 Å². The second-order valence-electron chi connectivity index (χ2n) is 6.55. The molecular formula is C20H17N3O3. The predicted octanol–water partition coefficient (Wildman–Crippen LogP) is 4.58. The molecule has 6 nitrogen and oxygen atoms in total. The lowest BCUT2D eigenvalue weighted by atomic mass is 10.0. The van der Waals surface area contributed by atoms with Gasteiger partial charge in [0, 0.05) is 23.1 Å². The summed E-state index contributed by atoms with van der Waals surface area (Å²) >= 11 is 0. The number of nitrogens with one attached hydrogen (secondary N) is 1. The molecule has 6 heteroatoms. The van der Waals surface area contributed by atoms with E-state index >= 15 is 0 Å². The van der Waals surface area contributed by atoms with Gasteiger partial charge in [0.15, 0.2) is 0 Å². The molecule has 1 aliphatic rings. The van der Waals surface area contributed by atoms with Crippen LogP contribution in [-0.4, -0.2) is 15.8 Å². The number of carbonyl (C=O) groups is 1. The Morgan fingerprint density at radius 3 is 2.69 bits per heavy atom. The zero-order valence-electron chi connectivity index (χ0n) is 14.2. The van der Waals surface area contributed by atoms with Gasteiger partial charge in [-0.25, -0.2) is 0 Å². The largest absolute Gasteiger partial charge is 0.321 e. The third kappa shape index (κ3) is 2.90. The number of amides is 1. The Morgan fingerprint density at radius 1 is 1.19 bits per heavy atom. The first-order valence-electron chi connectivity index (χ1n) is 8.49. The Balaban J connectivity index is 1.75. The lowest BCUT2D eigenvalue weighted by Crippen LogP contribution is -2.14. The third-order valence-electron chi connectivity index (χ3n) is 4.73. The molecule has 3 aromatic rings. The monoisotopic (exact) mass is 347 g/mol. The van der Waals surface area contributed by atoms with Gasteiger partial charge in [-0.05, 0) is 38.0 Å². The number of nitro benzene ring substituents is 1. The van der Waals surface area contributed by atoms with Crippen molar-refractivity contribution in [3.05, 3.63) is 75.5 Å². The lowest BCUT2D eigenvalue weighted by Gasteiger charge is -2.12. The summed E-state index contributed by atoms with van der Waals surface area (Å²) in [6.07, 6.45) is 2.19. The summed E-state index contributed by atoms with van der Waals surface area (Å²) in [5.41, 5.74) is 3.14. The first-order valence-corrected chi connectivity index (χ1v) is 8.49. The summed E-state index contributed by atoms with van der Waals surface area (Å²) in [4.78, 5) is 28.3. The summed E-state index contributed by atoms with van der Waals surface area (Å²) in [7, 11) is 0. The maximum absolute atomic E-state index is 12.9. The Morgan fingerprint density at radius 2 is 1.96 bits per heavy atom. The van der Waals surface area contributed by atoms with E-state index in [1.807, 2.05) is 30.3 Å². The van der Waals surface area contributed by atoms with Gasteiger partial charge in [0.2, 0.25) is 0 Å². The van der Waals surface area contributed by atoms with Crippen molar-refractivity contribution in [1.29, 1.82) is 0 Å². The fourth-order valence-corrected chi connectivity index (χ4v) is 3.12. The highest BCUT2D eigenvalue weighted by molar-refractivity contribution is 6.12. The number of nitro groups is 1. The van der Waals surface area contributed by atoms with E-state index in [9.17, 15) is 14.9 Å². The number of rotatable bonds is 4. The number of aromatic nitrogens is 1. The zero-order chi connectivity index (χ0) is 18.3. The van der Waals surface area contributed by atoms with Crippen LogP contribution >= 0.6 is 0 Å². The van der Waals surface area contributed by atoms with Crippen molar-refractivity contribution in [2.75, 3.05) is 5.32 Å². The van der Waals surface area contributed by atoms with Crippen molar-refractivity contribution in [3.8, 4) is 0 Å². The quantitative estimate of drug-likeness (QED) is 0.553. The van der Waals surface area contributed by atoms with Crippen LogP contribution in [0.1, 0.15) is 40.4 Å². The third-order valence-corrected chi connectivity index (χ3v) is 4.73. The summed E-state index contributed by atoms with van der Waals surface area (Å²) < 4.78 is 0. The van der Waals surface area contributed by atoms with Crippen molar-refractivity contribution >= 4 is 28.2 Å². The van der Waals surface area contributed by atoms with Crippen LogP contribution < -0.4 is 5.32 Å². The minimum absolute atomic E-state index is 0.0129. The smallest absolute Gasteiger partial charge is 0.274 e. The molecule has 1 fully saturated rings. The molecule has 4 rings (SSSR count). The average Bonchev–Trinajstić information content (AvgIpc) is 3.47. The average molecular weight is 347 g/mol. The van der Waals surface area contributed by atoms with E-state index in [0.717, 1.165) is 29.4 Å². The van der Waals surface area contributed by atoms with Crippen LogP contribution in [0.5, 0.6) is 0 Å². The van der Waals surface area contributed by atoms with E-state index in [1.54, 1.807) is 19.1 Å². The molecule has 1 aliphatic carbocycles. The van der Waals surface area contributed by atoms with Crippen LogP contribution in [0.2, 0.25) is 0 Å².